The summed E-state index contributed by atoms with van der Waals surface area (Å²) < 4.78 is 19.5. The molecular formula is C22H20FNO4. The highest BCUT2D eigenvalue weighted by Crippen LogP contribution is 2.34. The molecule has 2 N–H and O–H groups in total. The first-order chi connectivity index (χ1) is 13.5. The van der Waals surface area contributed by atoms with Gasteiger partial charge in [-0.2, -0.15) is 0 Å². The van der Waals surface area contributed by atoms with Gasteiger partial charge < -0.3 is 14.6 Å². The first kappa shape index (κ1) is 18.3. The molecule has 28 heavy (non-hydrogen) atoms. The van der Waals surface area contributed by atoms with Gasteiger partial charge in [0, 0.05) is 11.6 Å². The number of likely N-dealkylation sites (tertiary alicyclic amines) is 1. The van der Waals surface area contributed by atoms with E-state index in [0.29, 0.717) is 17.9 Å². The maximum atomic E-state index is 13.6. The summed E-state index contributed by atoms with van der Waals surface area (Å²) in [4.78, 5) is 13.3. The van der Waals surface area contributed by atoms with Gasteiger partial charge in [0.05, 0.1) is 6.54 Å². The van der Waals surface area contributed by atoms with E-state index >= 15 is 0 Å². The Morgan fingerprint density at radius 2 is 2.04 bits per heavy atom. The van der Waals surface area contributed by atoms with Crippen LogP contribution in [-0.2, 0) is 6.54 Å². The van der Waals surface area contributed by atoms with Crippen molar-refractivity contribution in [3.63, 3.8) is 0 Å². The third-order valence-electron chi connectivity index (χ3n) is 5.13. The molecule has 1 aromatic heterocycles. The minimum Gasteiger partial charge on any atom is -0.507 e. The van der Waals surface area contributed by atoms with Gasteiger partial charge in [0.1, 0.15) is 28.7 Å². The van der Waals surface area contributed by atoms with Gasteiger partial charge >= 0.3 is 5.97 Å². The van der Waals surface area contributed by atoms with E-state index in [4.69, 9.17) is 9.52 Å². The summed E-state index contributed by atoms with van der Waals surface area (Å²) in [5.41, 5.74) is 1.43. The molecule has 1 fully saturated rings. The number of phenols is 1. The Balaban J connectivity index is 1.52. The van der Waals surface area contributed by atoms with Crippen molar-refractivity contribution >= 4 is 5.97 Å². The first-order valence-corrected chi connectivity index (χ1v) is 9.16. The number of aromatic hydroxyl groups is 1. The smallest absolute Gasteiger partial charge is 0.339 e. The topological polar surface area (TPSA) is 73.9 Å². The molecule has 5 nitrogen and oxygen atoms in total. The van der Waals surface area contributed by atoms with Crippen LogP contribution in [0.5, 0.6) is 5.75 Å². The molecule has 144 valence electrons. The van der Waals surface area contributed by atoms with Crippen molar-refractivity contribution < 1.29 is 23.8 Å². The number of carboxylic acid groups (broad SMARTS) is 1. The number of benzene rings is 2. The fourth-order valence-corrected chi connectivity index (χ4v) is 3.79. The molecule has 6 heteroatoms. The molecule has 0 radical (unpaired) electrons. The van der Waals surface area contributed by atoms with Crippen molar-refractivity contribution in [1.82, 2.24) is 4.90 Å². The number of furan rings is 1. The Morgan fingerprint density at radius 1 is 1.18 bits per heavy atom. The van der Waals surface area contributed by atoms with Gasteiger partial charge in [-0.05, 0) is 61.3 Å². The highest BCUT2D eigenvalue weighted by Gasteiger charge is 2.27. The third-order valence-corrected chi connectivity index (χ3v) is 5.13. The number of hydrogen-bond acceptors (Lipinski definition) is 4. The number of halogens is 1. The van der Waals surface area contributed by atoms with Gasteiger partial charge in [0.25, 0.3) is 0 Å². The second kappa shape index (κ2) is 7.48. The van der Waals surface area contributed by atoms with Gasteiger partial charge in [0.2, 0.25) is 0 Å². The molecule has 1 aliphatic heterocycles. The van der Waals surface area contributed by atoms with E-state index in [1.54, 1.807) is 24.3 Å². The Kier molecular flexibility index (Phi) is 4.88. The van der Waals surface area contributed by atoms with Crippen LogP contribution in [-0.4, -0.2) is 27.6 Å². The van der Waals surface area contributed by atoms with Crippen LogP contribution in [0.2, 0.25) is 0 Å². The molecule has 0 aliphatic carbocycles. The van der Waals surface area contributed by atoms with Gasteiger partial charge in [-0.25, -0.2) is 9.18 Å². The van der Waals surface area contributed by atoms with Crippen LogP contribution >= 0.6 is 0 Å². The predicted molar refractivity (Wildman–Crippen MR) is 102 cm³/mol. The second-order valence-corrected chi connectivity index (χ2v) is 6.99. The largest absolute Gasteiger partial charge is 0.507 e. The van der Waals surface area contributed by atoms with E-state index < -0.39 is 5.97 Å². The Labute approximate surface area is 161 Å². The quantitative estimate of drug-likeness (QED) is 0.662. The number of aromatic carboxylic acids is 1. The molecule has 1 aliphatic rings. The van der Waals surface area contributed by atoms with Crippen LogP contribution in [0.25, 0.3) is 11.3 Å². The number of nitrogens with zero attached hydrogens (tertiary/aromatic N) is 1. The molecule has 4 rings (SSSR count). The average molecular weight is 381 g/mol. The summed E-state index contributed by atoms with van der Waals surface area (Å²) in [5, 5.41) is 18.9. The first-order valence-electron chi connectivity index (χ1n) is 9.16. The molecule has 1 unspecified atom stereocenters. The predicted octanol–water partition coefficient (Wildman–Crippen LogP) is 4.83. The van der Waals surface area contributed by atoms with Crippen molar-refractivity contribution in [2.24, 2.45) is 0 Å². The maximum Gasteiger partial charge on any atom is 0.339 e. The molecule has 1 saturated heterocycles. The van der Waals surface area contributed by atoms with E-state index in [9.17, 15) is 14.3 Å². The lowest BCUT2D eigenvalue weighted by molar-refractivity contribution is 0.0693. The highest BCUT2D eigenvalue weighted by atomic mass is 19.1. The number of hydrogen-bond donors (Lipinski definition) is 2. The minimum absolute atomic E-state index is 0.148. The van der Waals surface area contributed by atoms with Gasteiger partial charge in [-0.1, -0.05) is 18.2 Å². The number of rotatable bonds is 5. The molecule has 1 atom stereocenters. The summed E-state index contributed by atoms with van der Waals surface area (Å²) in [5.74, 6) is -0.381. The van der Waals surface area contributed by atoms with Gasteiger partial charge in [0.15, 0.2) is 0 Å². The van der Waals surface area contributed by atoms with Crippen molar-refractivity contribution in [1.29, 1.82) is 0 Å². The van der Waals surface area contributed by atoms with E-state index in [-0.39, 0.29) is 23.2 Å². The van der Waals surface area contributed by atoms with E-state index in [1.807, 2.05) is 12.1 Å². The standard InChI is InChI=1S/C22H20FNO4/c23-16-4-1-3-14(11-16)19-5-2-10-24(19)13-17-7-9-21(28-17)15-6-8-18(22(26)27)20(25)12-15/h1,3-4,6-9,11-12,19,25H,2,5,10,13H2,(H,26,27). The molecule has 0 saturated carbocycles. The van der Waals surface area contributed by atoms with Crippen LogP contribution in [0.15, 0.2) is 59.0 Å². The summed E-state index contributed by atoms with van der Waals surface area (Å²) in [6.07, 6.45) is 2.01. The number of carbonyl (C=O) groups is 1. The Bertz CT molecular complexity index is 1010. The molecule has 3 aromatic rings. The van der Waals surface area contributed by atoms with E-state index in [0.717, 1.165) is 30.7 Å². The van der Waals surface area contributed by atoms with Crippen molar-refractivity contribution in [3.8, 4) is 17.1 Å². The van der Waals surface area contributed by atoms with Crippen molar-refractivity contribution in [3.05, 3.63) is 77.3 Å². The van der Waals surface area contributed by atoms with Crippen molar-refractivity contribution in [2.75, 3.05) is 6.54 Å². The zero-order valence-corrected chi connectivity index (χ0v) is 15.1. The monoisotopic (exact) mass is 381 g/mol. The van der Waals surface area contributed by atoms with Crippen LogP contribution in [0, 0.1) is 5.82 Å². The SMILES string of the molecule is O=C(O)c1ccc(-c2ccc(CN3CCCC3c3cccc(F)c3)o2)cc1O. The highest BCUT2D eigenvalue weighted by molar-refractivity contribution is 5.91. The molecule has 2 heterocycles. The average Bonchev–Trinajstić information content (AvgIpc) is 3.31. The number of carboxylic acids is 1. The van der Waals surface area contributed by atoms with Crippen molar-refractivity contribution in [2.45, 2.75) is 25.4 Å². The molecule has 2 aromatic carbocycles. The lowest BCUT2D eigenvalue weighted by Crippen LogP contribution is -2.22. The lowest BCUT2D eigenvalue weighted by Gasteiger charge is -2.23. The summed E-state index contributed by atoms with van der Waals surface area (Å²) in [6.45, 7) is 1.51. The molecular weight excluding hydrogens is 361 g/mol. The molecule has 0 bridgehead atoms. The summed E-state index contributed by atoms with van der Waals surface area (Å²) in [6, 6.07) is 14.9. The maximum absolute atomic E-state index is 13.6. The van der Waals surface area contributed by atoms with Crippen LogP contribution in [0.1, 0.15) is 40.6 Å². The fourth-order valence-electron chi connectivity index (χ4n) is 3.79. The fraction of sp³-hybridized carbons (Fsp3) is 0.227. The Hall–Kier alpha value is -3.12. The summed E-state index contributed by atoms with van der Waals surface area (Å²) in [7, 11) is 0. The van der Waals surface area contributed by atoms with Crippen LogP contribution in [0.4, 0.5) is 4.39 Å². The molecule has 0 spiro atoms. The molecule has 0 amide bonds. The second-order valence-electron chi connectivity index (χ2n) is 6.99. The Morgan fingerprint density at radius 3 is 2.79 bits per heavy atom. The van der Waals surface area contributed by atoms with Gasteiger partial charge in [-0.15, -0.1) is 0 Å². The van der Waals surface area contributed by atoms with Crippen LogP contribution in [0.3, 0.4) is 0 Å². The normalized spacial score (nSPS) is 17.1. The summed E-state index contributed by atoms with van der Waals surface area (Å²) >= 11 is 0. The van der Waals surface area contributed by atoms with Crippen LogP contribution < -0.4 is 0 Å². The van der Waals surface area contributed by atoms with E-state index in [2.05, 4.69) is 4.90 Å². The van der Waals surface area contributed by atoms with Gasteiger partial charge in [-0.3, -0.25) is 4.90 Å². The minimum atomic E-state index is -1.18. The zero-order valence-electron chi connectivity index (χ0n) is 15.1. The van der Waals surface area contributed by atoms with E-state index in [1.165, 1.54) is 18.2 Å². The third kappa shape index (κ3) is 3.64. The lowest BCUT2D eigenvalue weighted by atomic mass is 10.0. The zero-order chi connectivity index (χ0) is 19.7.